The van der Waals surface area contributed by atoms with Gasteiger partial charge in [0.25, 0.3) is 5.91 Å². The second-order valence-corrected chi connectivity index (χ2v) is 5.78. The van der Waals surface area contributed by atoms with E-state index in [1.807, 2.05) is 13.0 Å². The molecule has 122 valence electrons. The Kier molecular flexibility index (Phi) is 4.88. The molecule has 0 saturated carbocycles. The molecule has 0 bridgehead atoms. The minimum Gasteiger partial charge on any atom is -0.486 e. The summed E-state index contributed by atoms with van der Waals surface area (Å²) in [4.78, 5) is 14.0. The van der Waals surface area contributed by atoms with Crippen LogP contribution in [0, 0.1) is 6.92 Å². The third kappa shape index (κ3) is 3.86. The Morgan fingerprint density at radius 2 is 2.04 bits per heavy atom. The maximum atomic E-state index is 12.3. The number of rotatable bonds is 4. The fraction of sp³-hybridized carbons (Fsp3) is 0.353. The second kappa shape index (κ2) is 7.06. The molecule has 1 aliphatic rings. The number of hydrogen-bond acceptors (Lipinski definition) is 4. The Morgan fingerprint density at radius 1 is 1.26 bits per heavy atom. The molecule has 1 fully saturated rings. The fourth-order valence-electron chi connectivity index (χ4n) is 2.35. The van der Waals surface area contributed by atoms with Crippen LogP contribution in [-0.4, -0.2) is 37.1 Å². The van der Waals surface area contributed by atoms with E-state index < -0.39 is 0 Å². The highest BCUT2D eigenvalue weighted by molar-refractivity contribution is 6.31. The van der Waals surface area contributed by atoms with E-state index in [-0.39, 0.29) is 12.5 Å². The fourth-order valence-corrected chi connectivity index (χ4v) is 2.47. The first-order chi connectivity index (χ1) is 11.1. The van der Waals surface area contributed by atoms with Crippen LogP contribution in [0.5, 0.6) is 5.75 Å². The quantitative estimate of drug-likeness (QED) is 0.860. The number of nitrogens with zero attached hydrogens (tertiary/aromatic N) is 1. The van der Waals surface area contributed by atoms with E-state index >= 15 is 0 Å². The molecule has 0 N–H and O–H groups in total. The van der Waals surface area contributed by atoms with Gasteiger partial charge in [0.15, 0.2) is 5.76 Å². The van der Waals surface area contributed by atoms with Crippen LogP contribution in [0.4, 0.5) is 0 Å². The number of hydrogen-bond donors (Lipinski definition) is 0. The molecule has 6 heteroatoms. The normalized spacial score (nSPS) is 14.8. The van der Waals surface area contributed by atoms with Gasteiger partial charge in [0.1, 0.15) is 18.1 Å². The summed E-state index contributed by atoms with van der Waals surface area (Å²) in [7, 11) is 0. The van der Waals surface area contributed by atoms with Gasteiger partial charge >= 0.3 is 0 Å². The van der Waals surface area contributed by atoms with Gasteiger partial charge in [-0.1, -0.05) is 11.6 Å². The molecule has 0 atom stereocenters. The van der Waals surface area contributed by atoms with Crippen molar-refractivity contribution in [2.45, 2.75) is 13.5 Å². The number of aryl methyl sites for hydroxylation is 1. The minimum atomic E-state index is -0.109. The maximum Gasteiger partial charge on any atom is 0.289 e. The van der Waals surface area contributed by atoms with Gasteiger partial charge in [-0.25, -0.2) is 0 Å². The molecule has 23 heavy (non-hydrogen) atoms. The SMILES string of the molecule is Cc1cc(OCc2ccc(C(=O)N3CCOCC3)o2)ccc1Cl. The number of benzene rings is 1. The highest BCUT2D eigenvalue weighted by Crippen LogP contribution is 2.22. The summed E-state index contributed by atoms with van der Waals surface area (Å²) in [6.45, 7) is 4.50. The summed E-state index contributed by atoms with van der Waals surface area (Å²) in [6.07, 6.45) is 0. The van der Waals surface area contributed by atoms with E-state index in [1.165, 1.54) is 0 Å². The zero-order valence-electron chi connectivity index (χ0n) is 12.9. The topological polar surface area (TPSA) is 51.9 Å². The number of ether oxygens (including phenoxy) is 2. The molecular formula is C17H18ClNO4. The van der Waals surface area contributed by atoms with Crippen molar-refractivity contribution in [1.82, 2.24) is 4.90 Å². The van der Waals surface area contributed by atoms with Gasteiger partial charge < -0.3 is 18.8 Å². The van der Waals surface area contributed by atoms with Crippen molar-refractivity contribution in [2.75, 3.05) is 26.3 Å². The molecule has 0 radical (unpaired) electrons. The van der Waals surface area contributed by atoms with Gasteiger partial charge in [-0.3, -0.25) is 4.79 Å². The van der Waals surface area contributed by atoms with Gasteiger partial charge in [0.05, 0.1) is 13.2 Å². The maximum absolute atomic E-state index is 12.3. The van der Waals surface area contributed by atoms with E-state index in [9.17, 15) is 4.79 Å². The third-order valence-electron chi connectivity index (χ3n) is 3.68. The zero-order valence-corrected chi connectivity index (χ0v) is 13.6. The molecule has 1 saturated heterocycles. The van der Waals surface area contributed by atoms with Gasteiger partial charge in [-0.2, -0.15) is 0 Å². The van der Waals surface area contributed by atoms with Crippen LogP contribution in [0.15, 0.2) is 34.7 Å². The Balaban J connectivity index is 1.60. The molecule has 5 nitrogen and oxygen atoms in total. The lowest BCUT2D eigenvalue weighted by Crippen LogP contribution is -2.40. The smallest absolute Gasteiger partial charge is 0.289 e. The Labute approximate surface area is 139 Å². The molecule has 0 unspecified atom stereocenters. The van der Waals surface area contributed by atoms with E-state index in [2.05, 4.69) is 0 Å². The van der Waals surface area contributed by atoms with Gasteiger partial charge in [-0.05, 0) is 42.8 Å². The highest BCUT2D eigenvalue weighted by atomic mass is 35.5. The van der Waals surface area contributed by atoms with Gasteiger partial charge in [-0.15, -0.1) is 0 Å². The molecule has 2 aromatic rings. The standard InChI is InChI=1S/C17H18ClNO4/c1-12-10-13(2-4-15(12)18)22-11-14-3-5-16(23-14)17(20)19-6-8-21-9-7-19/h2-5,10H,6-9,11H2,1H3. The molecular weight excluding hydrogens is 318 g/mol. The van der Waals surface area contributed by atoms with Crippen LogP contribution in [0.1, 0.15) is 21.9 Å². The first-order valence-corrected chi connectivity index (χ1v) is 7.86. The summed E-state index contributed by atoms with van der Waals surface area (Å²) in [5.74, 6) is 1.54. The Hall–Kier alpha value is -1.98. The molecule has 0 aliphatic carbocycles. The van der Waals surface area contributed by atoms with E-state index in [1.54, 1.807) is 29.2 Å². The van der Waals surface area contributed by atoms with Crippen molar-refractivity contribution < 1.29 is 18.7 Å². The van der Waals surface area contributed by atoms with Gasteiger partial charge in [0, 0.05) is 18.1 Å². The van der Waals surface area contributed by atoms with Crippen molar-refractivity contribution in [3.05, 3.63) is 52.4 Å². The number of furan rings is 1. The summed E-state index contributed by atoms with van der Waals surface area (Å²) in [6, 6.07) is 8.91. The number of amides is 1. The molecule has 3 rings (SSSR count). The lowest BCUT2D eigenvalue weighted by Gasteiger charge is -2.25. The average molecular weight is 336 g/mol. The summed E-state index contributed by atoms with van der Waals surface area (Å²) >= 11 is 5.98. The first-order valence-electron chi connectivity index (χ1n) is 7.48. The Bertz CT molecular complexity index is 692. The number of carbonyl (C=O) groups is 1. The van der Waals surface area contributed by atoms with Crippen molar-refractivity contribution in [2.24, 2.45) is 0 Å². The lowest BCUT2D eigenvalue weighted by atomic mass is 10.2. The second-order valence-electron chi connectivity index (χ2n) is 5.37. The van der Waals surface area contributed by atoms with Crippen LogP contribution in [-0.2, 0) is 11.3 Å². The number of halogens is 1. The van der Waals surface area contributed by atoms with Crippen LogP contribution in [0.2, 0.25) is 5.02 Å². The van der Waals surface area contributed by atoms with Gasteiger partial charge in [0.2, 0.25) is 0 Å². The number of carbonyl (C=O) groups excluding carboxylic acids is 1. The van der Waals surface area contributed by atoms with Crippen molar-refractivity contribution in [1.29, 1.82) is 0 Å². The predicted molar refractivity (Wildman–Crippen MR) is 86.0 cm³/mol. The summed E-state index contributed by atoms with van der Waals surface area (Å²) in [5, 5.41) is 0.703. The molecule has 1 amide bonds. The van der Waals surface area contributed by atoms with Crippen LogP contribution >= 0.6 is 11.6 Å². The van der Waals surface area contributed by atoms with Crippen LogP contribution in [0.3, 0.4) is 0 Å². The van der Waals surface area contributed by atoms with Crippen molar-refractivity contribution in [3.63, 3.8) is 0 Å². The summed E-state index contributed by atoms with van der Waals surface area (Å²) < 4.78 is 16.5. The zero-order chi connectivity index (χ0) is 16.2. The van der Waals surface area contributed by atoms with Crippen molar-refractivity contribution >= 4 is 17.5 Å². The van der Waals surface area contributed by atoms with E-state index in [0.717, 1.165) is 5.56 Å². The lowest BCUT2D eigenvalue weighted by molar-refractivity contribution is 0.0281. The third-order valence-corrected chi connectivity index (χ3v) is 4.11. The highest BCUT2D eigenvalue weighted by Gasteiger charge is 2.21. The molecule has 0 spiro atoms. The molecule has 1 aromatic carbocycles. The minimum absolute atomic E-state index is 0.109. The van der Waals surface area contributed by atoms with Crippen molar-refractivity contribution in [3.8, 4) is 5.75 Å². The van der Waals surface area contributed by atoms with E-state index in [0.29, 0.717) is 48.6 Å². The average Bonchev–Trinajstić information content (AvgIpc) is 3.05. The molecule has 1 aliphatic heterocycles. The largest absolute Gasteiger partial charge is 0.486 e. The first kappa shape index (κ1) is 15.9. The number of morpholine rings is 1. The van der Waals surface area contributed by atoms with Crippen LogP contribution in [0.25, 0.3) is 0 Å². The predicted octanol–water partition coefficient (Wildman–Crippen LogP) is 3.29. The van der Waals surface area contributed by atoms with E-state index in [4.69, 9.17) is 25.5 Å². The molecule has 1 aromatic heterocycles. The molecule has 2 heterocycles. The summed E-state index contributed by atoms with van der Waals surface area (Å²) in [5.41, 5.74) is 0.951. The monoisotopic (exact) mass is 335 g/mol. The van der Waals surface area contributed by atoms with Crippen LogP contribution < -0.4 is 4.74 Å². The Morgan fingerprint density at radius 3 is 2.78 bits per heavy atom.